The monoisotopic (exact) mass is 281 g/mol. The number of aromatic nitrogens is 2. The van der Waals surface area contributed by atoms with Gasteiger partial charge in [0.2, 0.25) is 5.90 Å². The maximum absolute atomic E-state index is 11.9. The fraction of sp³-hybridized carbons (Fsp3) is 0.188. The maximum atomic E-state index is 11.9. The number of hydrogen-bond donors (Lipinski definition) is 0. The van der Waals surface area contributed by atoms with Crippen LogP contribution in [0.5, 0.6) is 0 Å². The number of cyclic esters (lactones) is 1. The molecule has 0 atom stereocenters. The minimum absolute atomic E-state index is 0.289. The molecule has 5 heteroatoms. The zero-order valence-electron chi connectivity index (χ0n) is 12.1. The molecule has 1 aromatic heterocycles. The van der Waals surface area contributed by atoms with E-state index in [2.05, 4.69) is 16.2 Å². The Morgan fingerprint density at radius 2 is 1.90 bits per heavy atom. The molecule has 21 heavy (non-hydrogen) atoms. The van der Waals surface area contributed by atoms with E-state index in [4.69, 9.17) is 4.74 Å². The van der Waals surface area contributed by atoms with Crippen LogP contribution in [0.2, 0.25) is 0 Å². The normalized spacial score (nSPS) is 16.2. The van der Waals surface area contributed by atoms with Crippen LogP contribution < -0.4 is 0 Å². The summed E-state index contributed by atoms with van der Waals surface area (Å²) in [6.07, 6.45) is 5.15. The second-order valence-electron chi connectivity index (χ2n) is 5.16. The number of hydrogen-bond acceptors (Lipinski definition) is 4. The third-order valence-corrected chi connectivity index (χ3v) is 3.12. The van der Waals surface area contributed by atoms with Crippen LogP contribution in [0.1, 0.15) is 22.3 Å². The lowest BCUT2D eigenvalue weighted by Gasteiger charge is -2.03. The molecule has 0 amide bonds. The summed E-state index contributed by atoms with van der Waals surface area (Å²) in [5.41, 5.74) is 4.13. The number of carbonyl (C=O) groups excluding carboxylic acids is 1. The summed E-state index contributed by atoms with van der Waals surface area (Å²) in [4.78, 5) is 16.2. The molecule has 0 aliphatic carbocycles. The van der Waals surface area contributed by atoms with E-state index in [0.717, 1.165) is 22.3 Å². The predicted octanol–water partition coefficient (Wildman–Crippen LogP) is 2.38. The predicted molar refractivity (Wildman–Crippen MR) is 79.7 cm³/mol. The SMILES string of the molecule is Cc1cc(C)cc(C2=N/C(=C/c3cnn(C)c3)C(=O)O2)c1. The van der Waals surface area contributed by atoms with E-state index in [-0.39, 0.29) is 5.70 Å². The molecule has 0 radical (unpaired) electrons. The first-order valence-corrected chi connectivity index (χ1v) is 6.61. The molecule has 1 aromatic carbocycles. The molecule has 3 rings (SSSR count). The average molecular weight is 281 g/mol. The van der Waals surface area contributed by atoms with Gasteiger partial charge in [-0.2, -0.15) is 5.10 Å². The van der Waals surface area contributed by atoms with Gasteiger partial charge in [0.1, 0.15) is 0 Å². The summed E-state index contributed by atoms with van der Waals surface area (Å²) in [5.74, 6) is -0.0880. The van der Waals surface area contributed by atoms with E-state index in [1.165, 1.54) is 0 Å². The quantitative estimate of drug-likeness (QED) is 0.627. The van der Waals surface area contributed by atoms with Crippen LogP contribution in [0.4, 0.5) is 0 Å². The van der Waals surface area contributed by atoms with Crippen molar-refractivity contribution in [2.24, 2.45) is 12.0 Å². The molecular formula is C16H15N3O2. The van der Waals surface area contributed by atoms with Crippen molar-refractivity contribution in [2.45, 2.75) is 13.8 Å². The van der Waals surface area contributed by atoms with Gasteiger partial charge in [-0.3, -0.25) is 4.68 Å². The highest BCUT2D eigenvalue weighted by atomic mass is 16.6. The summed E-state index contributed by atoms with van der Waals surface area (Å²) < 4.78 is 6.93. The van der Waals surface area contributed by atoms with Crippen molar-refractivity contribution in [3.63, 3.8) is 0 Å². The Hall–Kier alpha value is -2.69. The fourth-order valence-electron chi connectivity index (χ4n) is 2.30. The Balaban J connectivity index is 1.97. The second-order valence-corrected chi connectivity index (χ2v) is 5.16. The molecule has 1 aliphatic heterocycles. The lowest BCUT2D eigenvalue weighted by Crippen LogP contribution is -2.05. The van der Waals surface area contributed by atoms with Gasteiger partial charge in [-0.25, -0.2) is 9.79 Å². The van der Waals surface area contributed by atoms with Crippen molar-refractivity contribution in [1.82, 2.24) is 9.78 Å². The maximum Gasteiger partial charge on any atom is 0.363 e. The number of aryl methyl sites for hydroxylation is 3. The van der Waals surface area contributed by atoms with Crippen molar-refractivity contribution >= 4 is 17.9 Å². The van der Waals surface area contributed by atoms with Crippen LogP contribution in [0.3, 0.4) is 0 Å². The van der Waals surface area contributed by atoms with Gasteiger partial charge in [-0.1, -0.05) is 17.2 Å². The number of esters is 1. The van der Waals surface area contributed by atoms with Gasteiger partial charge < -0.3 is 4.74 Å². The molecule has 106 valence electrons. The summed E-state index contributed by atoms with van der Waals surface area (Å²) >= 11 is 0. The molecule has 1 aliphatic rings. The van der Waals surface area contributed by atoms with Gasteiger partial charge >= 0.3 is 5.97 Å². The first kappa shape index (κ1) is 13.3. The van der Waals surface area contributed by atoms with Crippen molar-refractivity contribution in [3.8, 4) is 0 Å². The number of ether oxygens (including phenoxy) is 1. The molecule has 5 nitrogen and oxygen atoms in total. The number of carbonyl (C=O) groups is 1. The van der Waals surface area contributed by atoms with Crippen LogP contribution >= 0.6 is 0 Å². The highest BCUT2D eigenvalue weighted by molar-refractivity contribution is 6.12. The van der Waals surface area contributed by atoms with E-state index >= 15 is 0 Å². The number of aliphatic imine (C=N–C) groups is 1. The van der Waals surface area contributed by atoms with Gasteiger partial charge in [0.15, 0.2) is 5.70 Å². The summed E-state index contributed by atoms with van der Waals surface area (Å²) in [6, 6.07) is 5.96. The number of nitrogens with zero attached hydrogens (tertiary/aromatic N) is 3. The zero-order valence-corrected chi connectivity index (χ0v) is 12.1. The molecule has 0 spiro atoms. The molecule has 2 heterocycles. The molecule has 0 bridgehead atoms. The summed E-state index contributed by atoms with van der Waals surface area (Å²) in [5, 5.41) is 4.06. The Morgan fingerprint density at radius 3 is 2.52 bits per heavy atom. The highest BCUT2D eigenvalue weighted by Crippen LogP contribution is 2.20. The Bertz CT molecular complexity index is 764. The number of benzene rings is 1. The topological polar surface area (TPSA) is 56.5 Å². The highest BCUT2D eigenvalue weighted by Gasteiger charge is 2.24. The Labute approximate surface area is 122 Å². The van der Waals surface area contributed by atoms with Crippen LogP contribution in [0.25, 0.3) is 6.08 Å². The van der Waals surface area contributed by atoms with Crippen molar-refractivity contribution in [3.05, 3.63) is 58.5 Å². The van der Waals surface area contributed by atoms with Crippen molar-refractivity contribution in [2.75, 3.05) is 0 Å². The van der Waals surface area contributed by atoms with Crippen LogP contribution in [0, 0.1) is 13.8 Å². The van der Waals surface area contributed by atoms with Crippen LogP contribution in [-0.4, -0.2) is 21.6 Å². The minimum Gasteiger partial charge on any atom is -0.402 e. The standard InChI is InChI=1S/C16H15N3O2/c1-10-4-11(2)6-13(5-10)15-18-14(16(20)21-15)7-12-8-17-19(3)9-12/h4-9H,1-3H3/b14-7+. The fourth-order valence-corrected chi connectivity index (χ4v) is 2.30. The molecule has 0 fully saturated rings. The van der Waals surface area contributed by atoms with Crippen LogP contribution in [0.15, 0.2) is 41.3 Å². The van der Waals surface area contributed by atoms with E-state index in [0.29, 0.717) is 5.90 Å². The Kier molecular flexibility index (Phi) is 3.17. The van der Waals surface area contributed by atoms with Gasteiger partial charge in [-0.15, -0.1) is 0 Å². The smallest absolute Gasteiger partial charge is 0.363 e. The molecule has 0 saturated heterocycles. The second kappa shape index (κ2) is 5.01. The molecular weight excluding hydrogens is 266 g/mol. The largest absolute Gasteiger partial charge is 0.402 e. The summed E-state index contributed by atoms with van der Waals surface area (Å²) in [6.45, 7) is 4.00. The van der Waals surface area contributed by atoms with E-state index < -0.39 is 5.97 Å². The van der Waals surface area contributed by atoms with Gasteiger partial charge in [0, 0.05) is 24.4 Å². The Morgan fingerprint density at radius 1 is 1.19 bits per heavy atom. The first-order valence-electron chi connectivity index (χ1n) is 6.61. The summed E-state index contributed by atoms with van der Waals surface area (Å²) in [7, 11) is 1.82. The van der Waals surface area contributed by atoms with Crippen molar-refractivity contribution < 1.29 is 9.53 Å². The molecule has 0 N–H and O–H groups in total. The van der Waals surface area contributed by atoms with Crippen molar-refractivity contribution in [1.29, 1.82) is 0 Å². The van der Waals surface area contributed by atoms with E-state index in [1.54, 1.807) is 17.0 Å². The molecule has 2 aromatic rings. The average Bonchev–Trinajstić information content (AvgIpc) is 2.96. The lowest BCUT2D eigenvalue weighted by atomic mass is 10.1. The lowest BCUT2D eigenvalue weighted by molar-refractivity contribution is -0.129. The first-order chi connectivity index (χ1) is 10.0. The third-order valence-electron chi connectivity index (χ3n) is 3.12. The van der Waals surface area contributed by atoms with Gasteiger partial charge in [0.05, 0.1) is 6.20 Å². The van der Waals surface area contributed by atoms with Crippen LogP contribution in [-0.2, 0) is 16.6 Å². The number of rotatable bonds is 2. The minimum atomic E-state index is -0.437. The van der Waals surface area contributed by atoms with E-state index in [9.17, 15) is 4.79 Å². The zero-order chi connectivity index (χ0) is 15.0. The molecule has 0 saturated carbocycles. The van der Waals surface area contributed by atoms with Gasteiger partial charge in [-0.05, 0) is 32.1 Å². The van der Waals surface area contributed by atoms with E-state index in [1.807, 2.05) is 39.2 Å². The third kappa shape index (κ3) is 2.76. The van der Waals surface area contributed by atoms with Gasteiger partial charge in [0.25, 0.3) is 0 Å². The molecule has 0 unspecified atom stereocenters.